The maximum absolute atomic E-state index is 10.6. The Kier molecular flexibility index (Phi) is 4.64. The largest absolute Gasteiger partial charge is 0.325 e. The molecule has 3 aromatic rings. The number of hydrogen-bond acceptors (Lipinski definition) is 6. The summed E-state index contributed by atoms with van der Waals surface area (Å²) >= 11 is 7.47. The van der Waals surface area contributed by atoms with Gasteiger partial charge in [-0.2, -0.15) is 4.91 Å². The van der Waals surface area contributed by atoms with Gasteiger partial charge in [0.15, 0.2) is 0 Å². The highest BCUT2D eigenvalue weighted by Gasteiger charge is 2.11. The quantitative estimate of drug-likeness (QED) is 0.626. The van der Waals surface area contributed by atoms with Crippen LogP contribution in [-0.2, 0) is 0 Å². The van der Waals surface area contributed by atoms with Crippen molar-refractivity contribution in [2.45, 2.75) is 13.0 Å². The van der Waals surface area contributed by atoms with Crippen molar-refractivity contribution in [1.82, 2.24) is 9.97 Å². The Hall–Kier alpha value is -2.31. The van der Waals surface area contributed by atoms with E-state index in [0.29, 0.717) is 16.7 Å². The molecule has 116 valence electrons. The molecule has 0 aromatic carbocycles. The highest BCUT2D eigenvalue weighted by Crippen LogP contribution is 2.32. The molecule has 1 N–H and O–H groups in total. The van der Waals surface area contributed by atoms with Crippen LogP contribution in [0.4, 0.5) is 11.6 Å². The maximum atomic E-state index is 10.6. The van der Waals surface area contributed by atoms with Crippen molar-refractivity contribution in [3.63, 3.8) is 0 Å². The summed E-state index contributed by atoms with van der Waals surface area (Å²) in [5.41, 5.74) is 0.825. The van der Waals surface area contributed by atoms with E-state index >= 15 is 0 Å². The average molecular weight is 345 g/mol. The highest BCUT2D eigenvalue weighted by molar-refractivity contribution is 7.15. The van der Waals surface area contributed by atoms with Gasteiger partial charge in [0.25, 0.3) is 0 Å². The van der Waals surface area contributed by atoms with Crippen LogP contribution >= 0.6 is 22.9 Å². The molecule has 0 aliphatic carbocycles. The van der Waals surface area contributed by atoms with Crippen LogP contribution in [0.3, 0.4) is 0 Å². The summed E-state index contributed by atoms with van der Waals surface area (Å²) < 4.78 is 0. The number of nitroso groups, excluding NO2 is 1. The van der Waals surface area contributed by atoms with Gasteiger partial charge in [-0.25, -0.2) is 9.97 Å². The third kappa shape index (κ3) is 3.72. The minimum atomic E-state index is -0.342. The molecule has 0 saturated carbocycles. The first-order valence-corrected chi connectivity index (χ1v) is 8.13. The normalized spacial score (nSPS) is 11.9. The Labute approximate surface area is 142 Å². The van der Waals surface area contributed by atoms with Gasteiger partial charge >= 0.3 is 0 Å². The summed E-state index contributed by atoms with van der Waals surface area (Å²) in [6.07, 6.45) is 1.63. The maximum Gasteiger partial charge on any atom is 0.132 e. The minimum absolute atomic E-state index is 0.342. The molecule has 0 aliphatic rings. The molecule has 3 rings (SSSR count). The smallest absolute Gasteiger partial charge is 0.132 e. The Morgan fingerprint density at radius 1 is 1.22 bits per heavy atom. The number of hydrogen-bond donors (Lipinski definition) is 1. The Morgan fingerprint density at radius 2 is 2.09 bits per heavy atom. The molecule has 1 atom stereocenters. The monoisotopic (exact) mass is 344 g/mol. The summed E-state index contributed by atoms with van der Waals surface area (Å²) in [6.45, 7) is 1.78. The number of aromatic nitrogens is 2. The van der Waals surface area contributed by atoms with E-state index < -0.39 is 0 Å². The number of nitrogens with zero attached hydrogens (tertiary/aromatic N) is 3. The molecule has 0 radical (unpaired) electrons. The van der Waals surface area contributed by atoms with Crippen LogP contribution in [0.25, 0.3) is 10.6 Å². The van der Waals surface area contributed by atoms with Crippen molar-refractivity contribution in [2.75, 3.05) is 5.32 Å². The molecule has 1 unspecified atom stereocenters. The first kappa shape index (κ1) is 15.6. The van der Waals surface area contributed by atoms with Gasteiger partial charge in [-0.3, -0.25) is 0 Å². The van der Waals surface area contributed by atoms with E-state index in [-0.39, 0.29) is 6.04 Å². The first-order chi connectivity index (χ1) is 11.2. The van der Waals surface area contributed by atoms with Crippen LogP contribution in [0.1, 0.15) is 17.8 Å². The summed E-state index contributed by atoms with van der Waals surface area (Å²) in [5, 5.41) is 6.79. The first-order valence-electron chi connectivity index (χ1n) is 6.94. The van der Waals surface area contributed by atoms with Crippen LogP contribution < -0.4 is 5.32 Å². The van der Waals surface area contributed by atoms with Crippen molar-refractivity contribution >= 4 is 34.6 Å². The van der Waals surface area contributed by atoms with Crippen molar-refractivity contribution < 1.29 is 0 Å². The SMILES string of the molecule is CC(N=O)c1ccc(-c2cccc(Nc3cc(Cl)ccn3)n2)s1. The molecule has 7 heteroatoms. The van der Waals surface area contributed by atoms with E-state index in [2.05, 4.69) is 20.5 Å². The van der Waals surface area contributed by atoms with E-state index in [0.717, 1.165) is 15.4 Å². The number of pyridine rings is 2. The van der Waals surface area contributed by atoms with E-state index in [9.17, 15) is 4.91 Å². The molecule has 0 amide bonds. The van der Waals surface area contributed by atoms with E-state index in [4.69, 9.17) is 11.6 Å². The highest BCUT2D eigenvalue weighted by atomic mass is 35.5. The van der Waals surface area contributed by atoms with Gasteiger partial charge in [0.05, 0.1) is 10.6 Å². The number of nitrogens with one attached hydrogen (secondary N) is 1. The lowest BCUT2D eigenvalue weighted by atomic mass is 10.2. The van der Waals surface area contributed by atoms with Gasteiger partial charge < -0.3 is 5.32 Å². The summed E-state index contributed by atoms with van der Waals surface area (Å²) in [5.74, 6) is 1.31. The molecule has 0 spiro atoms. The summed E-state index contributed by atoms with van der Waals surface area (Å²) in [7, 11) is 0. The van der Waals surface area contributed by atoms with E-state index in [1.165, 1.54) is 11.3 Å². The fourth-order valence-electron chi connectivity index (χ4n) is 2.01. The third-order valence-corrected chi connectivity index (χ3v) is 4.69. The average Bonchev–Trinajstić information content (AvgIpc) is 3.04. The fraction of sp³-hybridized carbons (Fsp3) is 0.125. The van der Waals surface area contributed by atoms with Gasteiger partial charge in [0.1, 0.15) is 17.7 Å². The molecule has 3 aromatic heterocycles. The van der Waals surface area contributed by atoms with Gasteiger partial charge in [0.2, 0.25) is 0 Å². The Bertz CT molecular complexity index is 836. The van der Waals surface area contributed by atoms with Crippen molar-refractivity contribution in [2.24, 2.45) is 5.18 Å². The van der Waals surface area contributed by atoms with E-state index in [1.807, 2.05) is 30.3 Å². The molecule has 0 bridgehead atoms. The zero-order valence-electron chi connectivity index (χ0n) is 12.2. The van der Waals surface area contributed by atoms with Crippen LogP contribution in [0, 0.1) is 4.91 Å². The second-order valence-electron chi connectivity index (χ2n) is 4.88. The lowest BCUT2D eigenvalue weighted by molar-refractivity contribution is 0.831. The number of rotatable bonds is 5. The number of thiophene rings is 1. The molecular formula is C16H13ClN4OS. The lowest BCUT2D eigenvalue weighted by Crippen LogP contribution is -1.96. The molecule has 23 heavy (non-hydrogen) atoms. The molecule has 5 nitrogen and oxygen atoms in total. The number of halogens is 1. The van der Waals surface area contributed by atoms with Crippen molar-refractivity contribution in [3.05, 3.63) is 63.5 Å². The zero-order valence-corrected chi connectivity index (χ0v) is 13.8. The fourth-order valence-corrected chi connectivity index (χ4v) is 3.13. The summed E-state index contributed by atoms with van der Waals surface area (Å²) in [6, 6.07) is 12.7. The summed E-state index contributed by atoms with van der Waals surface area (Å²) in [4.78, 5) is 21.3. The van der Waals surface area contributed by atoms with Crippen LogP contribution in [-0.4, -0.2) is 9.97 Å². The van der Waals surface area contributed by atoms with Crippen LogP contribution in [0.2, 0.25) is 5.02 Å². The standard InChI is InChI=1S/C16H13ClN4OS/c1-10(21-22)13-5-6-14(23-13)12-3-2-4-15(19-12)20-16-9-11(17)7-8-18-16/h2-10H,1H3,(H,18,19,20). The Morgan fingerprint density at radius 3 is 2.87 bits per heavy atom. The van der Waals surface area contributed by atoms with Gasteiger partial charge in [-0.1, -0.05) is 22.8 Å². The second kappa shape index (κ2) is 6.85. The molecule has 0 saturated heterocycles. The molecule has 3 heterocycles. The predicted molar refractivity (Wildman–Crippen MR) is 94.3 cm³/mol. The van der Waals surface area contributed by atoms with E-state index in [1.54, 1.807) is 25.3 Å². The molecule has 0 fully saturated rings. The second-order valence-corrected chi connectivity index (χ2v) is 6.43. The van der Waals surface area contributed by atoms with Gasteiger partial charge in [-0.15, -0.1) is 11.3 Å². The van der Waals surface area contributed by atoms with Crippen LogP contribution in [0.5, 0.6) is 0 Å². The lowest BCUT2D eigenvalue weighted by Gasteiger charge is -2.06. The molecular weight excluding hydrogens is 332 g/mol. The van der Waals surface area contributed by atoms with Gasteiger partial charge in [0, 0.05) is 16.1 Å². The minimum Gasteiger partial charge on any atom is -0.325 e. The third-order valence-electron chi connectivity index (χ3n) is 3.18. The van der Waals surface area contributed by atoms with Crippen molar-refractivity contribution in [3.8, 4) is 10.6 Å². The zero-order chi connectivity index (χ0) is 16.2. The number of anilines is 2. The van der Waals surface area contributed by atoms with Gasteiger partial charge in [-0.05, 0) is 43.3 Å². The molecule has 0 aliphatic heterocycles. The predicted octanol–water partition coefficient (Wildman–Crippen LogP) is 5.43. The topological polar surface area (TPSA) is 67.2 Å². The van der Waals surface area contributed by atoms with Crippen LogP contribution in [0.15, 0.2) is 53.8 Å². The van der Waals surface area contributed by atoms with Crippen molar-refractivity contribution in [1.29, 1.82) is 0 Å². The Balaban J connectivity index is 1.85.